The number of benzene rings is 1. The molecule has 2 amide bonds. The number of anilines is 1. The highest BCUT2D eigenvalue weighted by Crippen LogP contribution is 2.39. The normalized spacial score (nSPS) is 16.8. The van der Waals surface area contributed by atoms with E-state index in [9.17, 15) is 9.59 Å². The molecule has 0 atom stereocenters. The van der Waals surface area contributed by atoms with E-state index in [1.54, 1.807) is 19.4 Å². The van der Waals surface area contributed by atoms with Crippen molar-refractivity contribution in [2.45, 2.75) is 31.7 Å². The van der Waals surface area contributed by atoms with Gasteiger partial charge in [-0.3, -0.25) is 14.3 Å². The van der Waals surface area contributed by atoms with Gasteiger partial charge in [-0.25, -0.2) is 0 Å². The summed E-state index contributed by atoms with van der Waals surface area (Å²) in [7, 11) is 1.55. The molecule has 10 heteroatoms. The summed E-state index contributed by atoms with van der Waals surface area (Å²) < 4.78 is 7.62. The summed E-state index contributed by atoms with van der Waals surface area (Å²) in [6.45, 7) is 0. The van der Waals surface area contributed by atoms with Gasteiger partial charge in [0.2, 0.25) is 5.91 Å². The van der Waals surface area contributed by atoms with Gasteiger partial charge in [0.1, 0.15) is 17.3 Å². The molecule has 10 nitrogen and oxygen atoms in total. The van der Waals surface area contributed by atoms with Crippen LogP contribution in [0.5, 0.6) is 5.75 Å². The van der Waals surface area contributed by atoms with E-state index in [1.807, 2.05) is 23.0 Å². The molecule has 1 aromatic carbocycles. The van der Waals surface area contributed by atoms with Crippen molar-refractivity contribution in [3.63, 3.8) is 0 Å². The molecule has 2 saturated carbocycles. The molecule has 2 aliphatic carbocycles. The third-order valence-corrected chi connectivity index (χ3v) is 5.39. The topological polar surface area (TPSA) is 163 Å². The highest BCUT2D eigenvalue weighted by atomic mass is 16.5. The Morgan fingerprint density at radius 1 is 1.19 bits per heavy atom. The highest BCUT2D eigenvalue weighted by Gasteiger charge is 2.30. The second-order valence-electron chi connectivity index (χ2n) is 8.01. The number of methoxy groups -OCH3 is 1. The Balaban J connectivity index is 1.64. The minimum atomic E-state index is -0.828. The van der Waals surface area contributed by atoms with Crippen LogP contribution in [0.25, 0.3) is 11.1 Å². The molecule has 0 bridgehead atoms. The van der Waals surface area contributed by atoms with Crippen LogP contribution in [-0.4, -0.2) is 28.7 Å². The lowest BCUT2D eigenvalue weighted by atomic mass is 10.1. The van der Waals surface area contributed by atoms with Crippen molar-refractivity contribution < 1.29 is 14.3 Å². The Bertz CT molecular complexity index is 1110. The van der Waals surface area contributed by atoms with Crippen LogP contribution in [0.4, 0.5) is 5.69 Å². The first-order chi connectivity index (χ1) is 15.4. The van der Waals surface area contributed by atoms with Crippen LogP contribution in [0.1, 0.15) is 31.7 Å². The van der Waals surface area contributed by atoms with Gasteiger partial charge < -0.3 is 32.6 Å². The Morgan fingerprint density at radius 2 is 1.94 bits per heavy atom. The van der Waals surface area contributed by atoms with Crippen molar-refractivity contribution >= 4 is 17.5 Å². The van der Waals surface area contributed by atoms with Gasteiger partial charge in [0, 0.05) is 29.3 Å². The van der Waals surface area contributed by atoms with Crippen LogP contribution < -0.4 is 32.6 Å². The zero-order valence-corrected chi connectivity index (χ0v) is 17.8. The Kier molecular flexibility index (Phi) is 5.76. The standard InChI is InChI=1S/C22H27N7O3/c1-32-20-15(13-10-26-29(11-13)14-7-8-14)3-2-4-16(20)27-17(19(24)21(25)30)9-18(23)28-22(31)12-5-6-12/h2-4,9-12,14,27H,5-8,23-24H2,1H3,(H2,25,30)(H,28,31)/b18-9+,19-17+. The number of carbonyl (C=O) groups excluding carboxylic acids is 2. The molecule has 1 heterocycles. The monoisotopic (exact) mass is 437 g/mol. The van der Waals surface area contributed by atoms with E-state index in [2.05, 4.69) is 15.7 Å². The molecule has 1 aromatic heterocycles. The molecule has 0 radical (unpaired) electrons. The quantitative estimate of drug-likeness (QED) is 0.291. The maximum absolute atomic E-state index is 12.0. The minimum Gasteiger partial charge on any atom is -0.494 e. The highest BCUT2D eigenvalue weighted by molar-refractivity contribution is 5.93. The summed E-state index contributed by atoms with van der Waals surface area (Å²) in [5.74, 6) is -0.431. The molecule has 2 fully saturated rings. The Hall–Kier alpha value is -3.95. The number of carbonyl (C=O) groups is 2. The second-order valence-corrected chi connectivity index (χ2v) is 8.01. The van der Waals surface area contributed by atoms with Crippen molar-refractivity contribution in [3.05, 3.63) is 53.9 Å². The number of nitrogens with two attached hydrogens (primary N) is 3. The first kappa shape index (κ1) is 21.3. The second kappa shape index (κ2) is 8.66. The summed E-state index contributed by atoms with van der Waals surface area (Å²) >= 11 is 0. The lowest BCUT2D eigenvalue weighted by molar-refractivity contribution is -0.121. The molecule has 0 spiro atoms. The largest absolute Gasteiger partial charge is 0.494 e. The van der Waals surface area contributed by atoms with Crippen molar-refractivity contribution in [1.29, 1.82) is 0 Å². The Morgan fingerprint density at radius 3 is 2.56 bits per heavy atom. The number of hydrogen-bond acceptors (Lipinski definition) is 7. The van der Waals surface area contributed by atoms with E-state index in [0.29, 0.717) is 17.5 Å². The number of amides is 2. The number of allylic oxidation sites excluding steroid dienone is 1. The maximum atomic E-state index is 12.0. The fourth-order valence-electron chi connectivity index (χ4n) is 3.34. The molecule has 2 aromatic rings. The number of ether oxygens (including phenoxy) is 1. The molecule has 0 saturated heterocycles. The van der Waals surface area contributed by atoms with Gasteiger partial charge in [0.15, 0.2) is 0 Å². The number of nitrogens with one attached hydrogen (secondary N) is 2. The van der Waals surface area contributed by atoms with Crippen LogP contribution in [0.15, 0.2) is 53.9 Å². The number of hydrogen-bond donors (Lipinski definition) is 5. The molecule has 2 aliphatic rings. The van der Waals surface area contributed by atoms with Crippen molar-refractivity contribution in [2.75, 3.05) is 12.4 Å². The lowest BCUT2D eigenvalue weighted by Gasteiger charge is -2.16. The zero-order valence-electron chi connectivity index (χ0n) is 17.8. The molecular weight excluding hydrogens is 410 g/mol. The molecule has 168 valence electrons. The molecule has 8 N–H and O–H groups in total. The average Bonchev–Trinajstić information content (AvgIpc) is 3.70. The van der Waals surface area contributed by atoms with E-state index >= 15 is 0 Å². The summed E-state index contributed by atoms with van der Waals surface area (Å²) in [6.07, 6.45) is 9.09. The van der Waals surface area contributed by atoms with Crippen LogP contribution in [-0.2, 0) is 9.59 Å². The smallest absolute Gasteiger partial charge is 0.266 e. The number of aromatic nitrogens is 2. The van der Waals surface area contributed by atoms with Crippen LogP contribution >= 0.6 is 0 Å². The third kappa shape index (κ3) is 4.69. The third-order valence-electron chi connectivity index (χ3n) is 5.39. The molecule has 0 aliphatic heterocycles. The van der Waals surface area contributed by atoms with Crippen molar-refractivity contribution in [1.82, 2.24) is 15.1 Å². The van der Waals surface area contributed by atoms with Gasteiger partial charge in [-0.2, -0.15) is 5.10 Å². The van der Waals surface area contributed by atoms with Crippen LogP contribution in [0.2, 0.25) is 0 Å². The SMILES string of the molecule is COc1c(NC(/C=C(\N)NC(=O)C2CC2)=C(/N)C(N)=O)cccc1-c1cnn(C2CC2)c1. The van der Waals surface area contributed by atoms with Crippen LogP contribution in [0, 0.1) is 5.92 Å². The molecule has 0 unspecified atom stereocenters. The first-order valence-electron chi connectivity index (χ1n) is 10.4. The molecule has 32 heavy (non-hydrogen) atoms. The van der Waals surface area contributed by atoms with Crippen LogP contribution in [0.3, 0.4) is 0 Å². The van der Waals surface area contributed by atoms with E-state index in [1.165, 1.54) is 6.08 Å². The van der Waals surface area contributed by atoms with Gasteiger partial charge in [-0.15, -0.1) is 0 Å². The van der Waals surface area contributed by atoms with Gasteiger partial charge in [0.25, 0.3) is 5.91 Å². The summed E-state index contributed by atoms with van der Waals surface area (Å²) in [5.41, 5.74) is 19.5. The number of nitrogens with zero attached hydrogens (tertiary/aromatic N) is 2. The predicted octanol–water partition coefficient (Wildman–Crippen LogP) is 1.29. The van der Waals surface area contributed by atoms with E-state index < -0.39 is 5.91 Å². The van der Waals surface area contributed by atoms with Gasteiger partial charge in [-0.05, 0) is 31.7 Å². The van der Waals surface area contributed by atoms with Crippen molar-refractivity contribution in [3.8, 4) is 16.9 Å². The van der Waals surface area contributed by atoms with E-state index in [0.717, 1.165) is 36.8 Å². The number of rotatable bonds is 9. The summed E-state index contributed by atoms with van der Waals surface area (Å²) in [5, 5.41) is 10.1. The zero-order chi connectivity index (χ0) is 22.8. The van der Waals surface area contributed by atoms with Gasteiger partial charge in [0.05, 0.1) is 30.7 Å². The van der Waals surface area contributed by atoms with Crippen molar-refractivity contribution in [2.24, 2.45) is 23.1 Å². The Labute approximate surface area is 185 Å². The van der Waals surface area contributed by atoms with Gasteiger partial charge >= 0.3 is 0 Å². The maximum Gasteiger partial charge on any atom is 0.266 e. The first-order valence-corrected chi connectivity index (χ1v) is 10.4. The fraction of sp³-hybridized carbons (Fsp3) is 0.318. The minimum absolute atomic E-state index is 0.0239. The summed E-state index contributed by atoms with van der Waals surface area (Å²) in [6, 6.07) is 5.99. The number of para-hydroxylation sites is 1. The lowest BCUT2D eigenvalue weighted by Crippen LogP contribution is -2.30. The molecular formula is C22H27N7O3. The van der Waals surface area contributed by atoms with E-state index in [-0.39, 0.29) is 29.0 Å². The summed E-state index contributed by atoms with van der Waals surface area (Å²) in [4.78, 5) is 23.8. The average molecular weight is 438 g/mol. The van der Waals surface area contributed by atoms with Gasteiger partial charge in [-0.1, -0.05) is 12.1 Å². The fourth-order valence-corrected chi connectivity index (χ4v) is 3.34. The van der Waals surface area contributed by atoms with E-state index in [4.69, 9.17) is 21.9 Å². The number of primary amides is 1. The molecule has 4 rings (SSSR count). The predicted molar refractivity (Wildman–Crippen MR) is 120 cm³/mol.